The molecular weight excluding hydrogens is 294 g/mol. The minimum absolute atomic E-state index is 0.00253. The third kappa shape index (κ3) is 3.33. The van der Waals surface area contributed by atoms with Gasteiger partial charge in [-0.25, -0.2) is 0 Å². The Hall–Kier alpha value is -2.04. The Kier molecular flexibility index (Phi) is 4.97. The Morgan fingerprint density at radius 3 is 2.61 bits per heavy atom. The zero-order chi connectivity index (χ0) is 17.2. The van der Waals surface area contributed by atoms with Gasteiger partial charge in [0.05, 0.1) is 18.9 Å². The van der Waals surface area contributed by atoms with Crippen LogP contribution in [0.15, 0.2) is 18.2 Å². The first kappa shape index (κ1) is 17.3. The predicted octanol–water partition coefficient (Wildman–Crippen LogP) is 2.51. The van der Waals surface area contributed by atoms with Gasteiger partial charge < -0.3 is 14.7 Å². The van der Waals surface area contributed by atoms with E-state index in [0.29, 0.717) is 19.5 Å². The topological polar surface area (TPSA) is 66.8 Å². The van der Waals surface area contributed by atoms with E-state index < -0.39 is 11.4 Å². The van der Waals surface area contributed by atoms with E-state index in [0.717, 1.165) is 16.9 Å². The van der Waals surface area contributed by atoms with Crippen molar-refractivity contribution >= 4 is 11.9 Å². The van der Waals surface area contributed by atoms with E-state index in [9.17, 15) is 14.7 Å². The summed E-state index contributed by atoms with van der Waals surface area (Å²) in [4.78, 5) is 25.9. The number of nitrogens with zero attached hydrogens (tertiary/aromatic N) is 1. The van der Waals surface area contributed by atoms with Gasteiger partial charge in [0.25, 0.3) is 0 Å². The maximum absolute atomic E-state index is 12.5. The fraction of sp³-hybridized carbons (Fsp3) is 0.556. The molecule has 0 radical (unpaired) electrons. The third-order valence-corrected chi connectivity index (χ3v) is 5.01. The van der Waals surface area contributed by atoms with Gasteiger partial charge in [0, 0.05) is 13.1 Å². The first-order valence-corrected chi connectivity index (χ1v) is 7.95. The number of carboxylic acid groups (broad SMARTS) is 1. The first-order chi connectivity index (χ1) is 10.8. The Bertz CT molecular complexity index is 611. The smallest absolute Gasteiger partial charge is 0.311 e. The summed E-state index contributed by atoms with van der Waals surface area (Å²) in [7, 11) is 1.61. The van der Waals surface area contributed by atoms with Crippen molar-refractivity contribution in [2.75, 3.05) is 20.2 Å². The maximum atomic E-state index is 12.5. The lowest BCUT2D eigenvalue weighted by Gasteiger charge is -2.28. The molecule has 1 heterocycles. The number of methoxy groups -OCH3 is 1. The molecule has 0 aliphatic carbocycles. The van der Waals surface area contributed by atoms with Crippen LogP contribution < -0.4 is 4.74 Å². The van der Waals surface area contributed by atoms with Crippen LogP contribution in [0.1, 0.15) is 31.4 Å². The molecule has 1 saturated heterocycles. The summed E-state index contributed by atoms with van der Waals surface area (Å²) in [5.74, 6) is -0.0736. The van der Waals surface area contributed by atoms with E-state index in [1.54, 1.807) is 12.0 Å². The second-order valence-electron chi connectivity index (χ2n) is 6.66. The molecule has 0 spiro atoms. The number of carbonyl (C=O) groups is 2. The van der Waals surface area contributed by atoms with Gasteiger partial charge in [0.15, 0.2) is 0 Å². The molecule has 1 aliphatic rings. The van der Waals surface area contributed by atoms with Crippen LogP contribution in [-0.2, 0) is 16.0 Å². The molecule has 5 nitrogen and oxygen atoms in total. The number of aryl methyl sites for hydroxylation is 1. The van der Waals surface area contributed by atoms with E-state index >= 15 is 0 Å². The normalized spacial score (nSPS) is 20.8. The molecule has 1 aliphatic heterocycles. The van der Waals surface area contributed by atoms with Crippen molar-refractivity contribution in [1.29, 1.82) is 0 Å². The van der Waals surface area contributed by atoms with Gasteiger partial charge in [0.2, 0.25) is 5.91 Å². The summed E-state index contributed by atoms with van der Waals surface area (Å²) < 4.78 is 5.29. The largest absolute Gasteiger partial charge is 0.496 e. The monoisotopic (exact) mass is 319 g/mol. The zero-order valence-electron chi connectivity index (χ0n) is 14.3. The SMILES string of the molecule is COc1cc(CC(=O)N2CCC(C(=O)O)(C(C)C)C2)ccc1C. The van der Waals surface area contributed by atoms with E-state index in [1.165, 1.54) is 0 Å². The lowest BCUT2D eigenvalue weighted by atomic mass is 9.76. The van der Waals surface area contributed by atoms with Crippen LogP contribution in [0, 0.1) is 18.3 Å². The van der Waals surface area contributed by atoms with Crippen LogP contribution in [-0.4, -0.2) is 42.1 Å². The molecule has 0 saturated carbocycles. The standard InChI is InChI=1S/C18H25NO4/c1-12(2)18(17(21)22)7-8-19(11-18)16(20)10-14-6-5-13(3)15(9-14)23-4/h5-6,9,12H,7-8,10-11H2,1-4H3,(H,21,22). The van der Waals surface area contributed by atoms with Crippen molar-refractivity contribution in [2.45, 2.75) is 33.6 Å². The maximum Gasteiger partial charge on any atom is 0.311 e. The number of carboxylic acids is 1. The highest BCUT2D eigenvalue weighted by atomic mass is 16.5. The lowest BCUT2D eigenvalue weighted by molar-refractivity contribution is -0.151. The molecule has 0 aromatic heterocycles. The van der Waals surface area contributed by atoms with Gasteiger partial charge in [0.1, 0.15) is 5.75 Å². The zero-order valence-corrected chi connectivity index (χ0v) is 14.3. The number of rotatable bonds is 5. The van der Waals surface area contributed by atoms with E-state index in [2.05, 4.69) is 0 Å². The fourth-order valence-corrected chi connectivity index (χ4v) is 3.20. The number of amides is 1. The molecule has 23 heavy (non-hydrogen) atoms. The Morgan fingerprint density at radius 2 is 2.09 bits per heavy atom. The molecule has 1 atom stereocenters. The highest BCUT2D eigenvalue weighted by Gasteiger charge is 2.48. The summed E-state index contributed by atoms with van der Waals surface area (Å²) in [5, 5.41) is 9.57. The van der Waals surface area contributed by atoms with Gasteiger partial charge >= 0.3 is 5.97 Å². The van der Waals surface area contributed by atoms with Crippen LogP contribution in [0.5, 0.6) is 5.75 Å². The van der Waals surface area contributed by atoms with Gasteiger partial charge in [-0.2, -0.15) is 0 Å². The molecular formula is C18H25NO4. The summed E-state index contributed by atoms with van der Waals surface area (Å²) in [6.07, 6.45) is 0.785. The van der Waals surface area contributed by atoms with Crippen LogP contribution >= 0.6 is 0 Å². The highest BCUT2D eigenvalue weighted by Crippen LogP contribution is 2.38. The van der Waals surface area contributed by atoms with Crippen LogP contribution in [0.25, 0.3) is 0 Å². The number of carbonyl (C=O) groups excluding carboxylic acids is 1. The van der Waals surface area contributed by atoms with Crippen molar-refractivity contribution < 1.29 is 19.4 Å². The molecule has 2 rings (SSSR count). The summed E-state index contributed by atoms with van der Waals surface area (Å²) in [5.41, 5.74) is 1.09. The molecule has 1 aromatic carbocycles. The Balaban J connectivity index is 2.09. The van der Waals surface area contributed by atoms with E-state index in [-0.39, 0.29) is 18.2 Å². The predicted molar refractivity (Wildman–Crippen MR) is 87.5 cm³/mol. The number of aliphatic carboxylic acids is 1. The average Bonchev–Trinajstić information content (AvgIpc) is 2.96. The van der Waals surface area contributed by atoms with E-state index in [1.807, 2.05) is 39.0 Å². The minimum Gasteiger partial charge on any atom is -0.496 e. The average molecular weight is 319 g/mol. The van der Waals surface area contributed by atoms with Crippen molar-refractivity contribution in [3.63, 3.8) is 0 Å². The van der Waals surface area contributed by atoms with Gasteiger partial charge in [-0.05, 0) is 36.5 Å². The molecule has 126 valence electrons. The molecule has 1 amide bonds. The number of hydrogen-bond donors (Lipinski definition) is 1. The highest BCUT2D eigenvalue weighted by molar-refractivity contribution is 5.82. The second-order valence-corrected chi connectivity index (χ2v) is 6.66. The molecule has 1 N–H and O–H groups in total. The molecule has 1 aromatic rings. The fourth-order valence-electron chi connectivity index (χ4n) is 3.20. The molecule has 0 bridgehead atoms. The summed E-state index contributed by atoms with van der Waals surface area (Å²) in [6, 6.07) is 5.72. The van der Waals surface area contributed by atoms with Crippen LogP contribution in [0.2, 0.25) is 0 Å². The number of benzene rings is 1. The minimum atomic E-state index is -0.819. The number of hydrogen-bond acceptors (Lipinski definition) is 3. The van der Waals surface area contributed by atoms with Crippen molar-refractivity contribution in [3.8, 4) is 5.75 Å². The molecule has 1 unspecified atom stereocenters. The van der Waals surface area contributed by atoms with Crippen molar-refractivity contribution in [2.24, 2.45) is 11.3 Å². The van der Waals surface area contributed by atoms with Gasteiger partial charge in [-0.1, -0.05) is 26.0 Å². The summed E-state index contributed by atoms with van der Waals surface area (Å²) in [6.45, 7) is 6.57. The lowest BCUT2D eigenvalue weighted by Crippen LogP contribution is -2.41. The third-order valence-electron chi connectivity index (χ3n) is 5.01. The Morgan fingerprint density at radius 1 is 1.39 bits per heavy atom. The van der Waals surface area contributed by atoms with Crippen molar-refractivity contribution in [3.05, 3.63) is 29.3 Å². The second kappa shape index (κ2) is 6.60. The summed E-state index contributed by atoms with van der Waals surface area (Å²) >= 11 is 0. The van der Waals surface area contributed by atoms with Gasteiger partial charge in [-0.15, -0.1) is 0 Å². The molecule has 1 fully saturated rings. The number of likely N-dealkylation sites (tertiary alicyclic amines) is 1. The van der Waals surface area contributed by atoms with Crippen molar-refractivity contribution in [1.82, 2.24) is 4.90 Å². The Labute approximate surface area is 137 Å². The van der Waals surface area contributed by atoms with Crippen LogP contribution in [0.3, 0.4) is 0 Å². The number of ether oxygens (including phenoxy) is 1. The van der Waals surface area contributed by atoms with E-state index in [4.69, 9.17) is 4.74 Å². The first-order valence-electron chi connectivity index (χ1n) is 7.95. The quantitative estimate of drug-likeness (QED) is 0.905. The molecule has 5 heteroatoms. The van der Waals surface area contributed by atoms with Crippen LogP contribution in [0.4, 0.5) is 0 Å². The van der Waals surface area contributed by atoms with Gasteiger partial charge in [-0.3, -0.25) is 9.59 Å².